The van der Waals surface area contributed by atoms with E-state index in [4.69, 9.17) is 5.11 Å². The largest absolute Gasteiger partial charge is 0.481 e. The molecule has 0 spiro atoms. The van der Waals surface area contributed by atoms with Crippen molar-refractivity contribution in [3.63, 3.8) is 0 Å². The number of aliphatic carboxylic acids is 1. The average molecular weight is 259 g/mol. The Hall–Kier alpha value is -0.710. The summed E-state index contributed by atoms with van der Waals surface area (Å²) in [4.78, 5) is 24.2. The highest BCUT2D eigenvalue weighted by atomic mass is 32.2. The Balaban J connectivity index is 2.30. The van der Waals surface area contributed by atoms with E-state index in [1.807, 2.05) is 4.90 Å². The van der Waals surface area contributed by atoms with Crippen LogP contribution in [0, 0.1) is 5.92 Å². The topological polar surface area (TPSA) is 57.6 Å². The van der Waals surface area contributed by atoms with Gasteiger partial charge in [-0.1, -0.05) is 13.8 Å². The molecule has 0 unspecified atom stereocenters. The minimum Gasteiger partial charge on any atom is -0.481 e. The lowest BCUT2D eigenvalue weighted by molar-refractivity contribution is -0.133. The third-order valence-electron chi connectivity index (χ3n) is 2.71. The number of nitrogens with zero attached hydrogens (tertiary/aromatic N) is 1. The molecule has 1 rings (SSSR count). The predicted molar refractivity (Wildman–Crippen MR) is 69.2 cm³/mol. The first-order valence-electron chi connectivity index (χ1n) is 6.09. The molecule has 1 amide bonds. The van der Waals surface area contributed by atoms with Crippen LogP contribution in [0.15, 0.2) is 0 Å². The third kappa shape index (κ3) is 5.96. The minimum absolute atomic E-state index is 0.00836. The Morgan fingerprint density at radius 3 is 2.47 bits per heavy atom. The molecule has 1 aliphatic rings. The van der Waals surface area contributed by atoms with E-state index in [9.17, 15) is 9.59 Å². The summed E-state index contributed by atoms with van der Waals surface area (Å²) in [6.07, 6.45) is 3.23. The fourth-order valence-electron chi connectivity index (χ4n) is 1.60. The summed E-state index contributed by atoms with van der Waals surface area (Å²) in [6, 6.07) is 0.423. The molecule has 0 radical (unpaired) electrons. The van der Waals surface area contributed by atoms with Gasteiger partial charge in [-0.25, -0.2) is 0 Å². The van der Waals surface area contributed by atoms with Crippen LogP contribution >= 0.6 is 11.8 Å². The SMILES string of the molecule is CC(C)CCN(C(=O)CSCC(=O)O)C1CC1. The zero-order valence-corrected chi connectivity index (χ0v) is 11.3. The molecule has 0 atom stereocenters. The lowest BCUT2D eigenvalue weighted by atomic mass is 10.1. The van der Waals surface area contributed by atoms with Crippen molar-refractivity contribution in [2.75, 3.05) is 18.1 Å². The van der Waals surface area contributed by atoms with Crippen LogP contribution in [0.3, 0.4) is 0 Å². The van der Waals surface area contributed by atoms with Crippen LogP contribution in [-0.2, 0) is 9.59 Å². The highest BCUT2D eigenvalue weighted by molar-refractivity contribution is 8.00. The van der Waals surface area contributed by atoms with E-state index in [0.29, 0.717) is 17.7 Å². The Labute approximate surface area is 107 Å². The second kappa shape index (κ2) is 6.89. The minimum atomic E-state index is -0.858. The fraction of sp³-hybridized carbons (Fsp3) is 0.833. The molecule has 4 nitrogen and oxygen atoms in total. The highest BCUT2D eigenvalue weighted by Gasteiger charge is 2.31. The number of hydrogen-bond donors (Lipinski definition) is 1. The number of hydrogen-bond acceptors (Lipinski definition) is 3. The molecule has 0 aromatic carbocycles. The first-order chi connectivity index (χ1) is 8.00. The maximum Gasteiger partial charge on any atom is 0.313 e. The summed E-state index contributed by atoms with van der Waals surface area (Å²) in [7, 11) is 0. The second-order valence-electron chi connectivity index (χ2n) is 4.89. The van der Waals surface area contributed by atoms with E-state index in [0.717, 1.165) is 25.8 Å². The van der Waals surface area contributed by atoms with Crippen LogP contribution in [0.25, 0.3) is 0 Å². The number of carbonyl (C=O) groups excluding carboxylic acids is 1. The van der Waals surface area contributed by atoms with E-state index in [-0.39, 0.29) is 11.7 Å². The molecule has 1 saturated carbocycles. The normalized spacial score (nSPS) is 15.0. The van der Waals surface area contributed by atoms with Gasteiger partial charge in [-0.3, -0.25) is 9.59 Å². The van der Waals surface area contributed by atoms with Crippen LogP contribution in [0.1, 0.15) is 33.1 Å². The molecule has 5 heteroatoms. The zero-order chi connectivity index (χ0) is 12.8. The van der Waals surface area contributed by atoms with Crippen LogP contribution in [0.2, 0.25) is 0 Å². The van der Waals surface area contributed by atoms with Gasteiger partial charge in [0.2, 0.25) is 5.91 Å². The van der Waals surface area contributed by atoms with Gasteiger partial charge in [-0.15, -0.1) is 11.8 Å². The lowest BCUT2D eigenvalue weighted by Gasteiger charge is -2.23. The molecule has 1 aliphatic carbocycles. The van der Waals surface area contributed by atoms with Gasteiger partial charge in [0.15, 0.2) is 0 Å². The Morgan fingerprint density at radius 2 is 2.00 bits per heavy atom. The molecular weight excluding hydrogens is 238 g/mol. The first kappa shape index (κ1) is 14.4. The summed E-state index contributed by atoms with van der Waals surface area (Å²) in [6.45, 7) is 5.11. The fourth-order valence-corrected chi connectivity index (χ4v) is 2.22. The maximum atomic E-state index is 11.9. The van der Waals surface area contributed by atoms with Crippen LogP contribution in [0.5, 0.6) is 0 Å². The lowest BCUT2D eigenvalue weighted by Crippen LogP contribution is -2.36. The van der Waals surface area contributed by atoms with Gasteiger partial charge in [0.25, 0.3) is 0 Å². The molecule has 1 fully saturated rings. The van der Waals surface area contributed by atoms with E-state index in [1.165, 1.54) is 11.8 Å². The summed E-state index contributed by atoms with van der Waals surface area (Å²) in [5.74, 6) is 0.132. The van der Waals surface area contributed by atoms with Crippen molar-refractivity contribution in [3.8, 4) is 0 Å². The van der Waals surface area contributed by atoms with Crippen molar-refractivity contribution in [1.82, 2.24) is 4.90 Å². The van der Waals surface area contributed by atoms with Gasteiger partial charge in [-0.2, -0.15) is 0 Å². The predicted octanol–water partition coefficient (Wildman–Crippen LogP) is 1.84. The van der Waals surface area contributed by atoms with Crippen LogP contribution in [-0.4, -0.2) is 46.0 Å². The number of carbonyl (C=O) groups is 2. The summed E-state index contributed by atoms with van der Waals surface area (Å²) >= 11 is 1.19. The summed E-state index contributed by atoms with van der Waals surface area (Å²) in [5, 5.41) is 8.52. The first-order valence-corrected chi connectivity index (χ1v) is 7.25. The van der Waals surface area contributed by atoms with Gasteiger partial charge in [-0.05, 0) is 25.2 Å². The van der Waals surface area contributed by atoms with E-state index in [2.05, 4.69) is 13.8 Å². The van der Waals surface area contributed by atoms with Gasteiger partial charge in [0.05, 0.1) is 11.5 Å². The number of carboxylic acid groups (broad SMARTS) is 1. The molecule has 0 heterocycles. The number of thioether (sulfide) groups is 1. The van der Waals surface area contributed by atoms with Gasteiger partial charge >= 0.3 is 5.97 Å². The van der Waals surface area contributed by atoms with Crippen molar-refractivity contribution in [2.24, 2.45) is 5.92 Å². The average Bonchev–Trinajstić information content (AvgIpc) is 3.01. The smallest absolute Gasteiger partial charge is 0.313 e. The second-order valence-corrected chi connectivity index (χ2v) is 5.87. The molecule has 0 aliphatic heterocycles. The summed E-state index contributed by atoms with van der Waals surface area (Å²) in [5.41, 5.74) is 0. The molecule has 0 saturated heterocycles. The quantitative estimate of drug-likeness (QED) is 0.722. The van der Waals surface area contributed by atoms with Crippen LogP contribution in [0.4, 0.5) is 0 Å². The Morgan fingerprint density at radius 1 is 1.35 bits per heavy atom. The zero-order valence-electron chi connectivity index (χ0n) is 10.5. The van der Waals surface area contributed by atoms with Crippen molar-refractivity contribution >= 4 is 23.6 Å². The maximum absolute atomic E-state index is 11.9. The molecule has 1 N–H and O–H groups in total. The Bertz CT molecular complexity index is 277. The molecular formula is C12H21NO3S. The third-order valence-corrected chi connectivity index (χ3v) is 3.61. The van der Waals surface area contributed by atoms with Crippen LogP contribution < -0.4 is 0 Å². The molecule has 0 bridgehead atoms. The van der Waals surface area contributed by atoms with E-state index in [1.54, 1.807) is 0 Å². The Kier molecular flexibility index (Phi) is 5.82. The van der Waals surface area contributed by atoms with Gasteiger partial charge < -0.3 is 10.0 Å². The molecule has 17 heavy (non-hydrogen) atoms. The monoisotopic (exact) mass is 259 g/mol. The summed E-state index contributed by atoms with van der Waals surface area (Å²) < 4.78 is 0. The van der Waals surface area contributed by atoms with Gasteiger partial charge in [0.1, 0.15) is 0 Å². The van der Waals surface area contributed by atoms with Crippen molar-refractivity contribution in [1.29, 1.82) is 0 Å². The van der Waals surface area contributed by atoms with E-state index >= 15 is 0 Å². The number of amides is 1. The number of carboxylic acids is 1. The molecule has 0 aromatic rings. The highest BCUT2D eigenvalue weighted by Crippen LogP contribution is 2.28. The van der Waals surface area contributed by atoms with Crippen molar-refractivity contribution in [2.45, 2.75) is 39.2 Å². The van der Waals surface area contributed by atoms with E-state index < -0.39 is 5.97 Å². The van der Waals surface area contributed by atoms with Crippen molar-refractivity contribution in [3.05, 3.63) is 0 Å². The number of rotatable bonds is 8. The standard InChI is InChI=1S/C12H21NO3S/c1-9(2)5-6-13(10-3-4-10)11(14)7-17-8-12(15)16/h9-10H,3-8H2,1-2H3,(H,15,16). The molecule has 0 aromatic heterocycles. The molecule has 98 valence electrons. The van der Waals surface area contributed by atoms with Gasteiger partial charge in [0, 0.05) is 12.6 Å². The van der Waals surface area contributed by atoms with Crippen molar-refractivity contribution < 1.29 is 14.7 Å².